The van der Waals surface area contributed by atoms with Crippen LogP contribution in [-0.2, 0) is 10.1 Å². The van der Waals surface area contributed by atoms with Crippen molar-refractivity contribution in [3.8, 4) is 0 Å². The monoisotopic (exact) mass is 175 g/mol. The SMILES string of the molecule is CCC(N)CS(=O)(=O)[O-].[Na+]. The fourth-order valence-corrected chi connectivity index (χ4v) is 1.14. The Bertz CT molecular complexity index is 167. The van der Waals surface area contributed by atoms with E-state index in [0.717, 1.165) is 0 Å². The van der Waals surface area contributed by atoms with Gasteiger partial charge in [-0.1, -0.05) is 6.92 Å². The smallest absolute Gasteiger partial charge is 0.748 e. The first-order valence-corrected chi connectivity index (χ1v) is 4.22. The molecule has 0 fully saturated rings. The van der Waals surface area contributed by atoms with Crippen molar-refractivity contribution in [2.75, 3.05) is 5.75 Å². The van der Waals surface area contributed by atoms with Crippen LogP contribution in [0.3, 0.4) is 0 Å². The first-order chi connectivity index (χ1) is 3.95. The van der Waals surface area contributed by atoms with E-state index in [-0.39, 0.29) is 29.6 Å². The summed E-state index contributed by atoms with van der Waals surface area (Å²) in [6.45, 7) is 1.73. The summed E-state index contributed by atoms with van der Waals surface area (Å²) in [5.74, 6) is -0.455. The van der Waals surface area contributed by atoms with Gasteiger partial charge in [0.1, 0.15) is 0 Å². The summed E-state index contributed by atoms with van der Waals surface area (Å²) in [5.41, 5.74) is 5.18. The van der Waals surface area contributed by atoms with Gasteiger partial charge >= 0.3 is 29.6 Å². The number of hydrogen-bond donors (Lipinski definition) is 1. The molecule has 0 amide bonds. The zero-order valence-electron chi connectivity index (χ0n) is 6.20. The van der Waals surface area contributed by atoms with E-state index in [0.29, 0.717) is 6.42 Å². The van der Waals surface area contributed by atoms with E-state index in [4.69, 9.17) is 5.73 Å². The fourth-order valence-electron chi connectivity index (χ4n) is 0.380. The summed E-state index contributed by atoms with van der Waals surface area (Å²) in [6, 6.07) is -0.507. The Morgan fingerprint density at radius 1 is 1.60 bits per heavy atom. The molecule has 0 spiro atoms. The summed E-state index contributed by atoms with van der Waals surface area (Å²) in [5, 5.41) is 0. The number of rotatable bonds is 3. The van der Waals surface area contributed by atoms with Gasteiger partial charge in [0.05, 0.1) is 15.9 Å². The molecule has 0 aromatic heterocycles. The number of hydrogen-bond acceptors (Lipinski definition) is 4. The third-order valence-electron chi connectivity index (χ3n) is 0.943. The van der Waals surface area contributed by atoms with Crippen molar-refractivity contribution in [2.45, 2.75) is 19.4 Å². The third-order valence-corrected chi connectivity index (χ3v) is 1.78. The molecule has 1 atom stereocenters. The van der Waals surface area contributed by atoms with Gasteiger partial charge in [-0.2, -0.15) is 0 Å². The van der Waals surface area contributed by atoms with E-state index in [1.807, 2.05) is 0 Å². The molecule has 4 nitrogen and oxygen atoms in total. The Morgan fingerprint density at radius 3 is 2.10 bits per heavy atom. The van der Waals surface area contributed by atoms with Crippen LogP contribution in [0.2, 0.25) is 0 Å². The zero-order chi connectivity index (χ0) is 7.49. The van der Waals surface area contributed by atoms with Gasteiger partial charge in [-0.05, 0) is 6.42 Å². The Morgan fingerprint density at radius 2 is 2.00 bits per heavy atom. The molecule has 0 rings (SSSR count). The van der Waals surface area contributed by atoms with Crippen LogP contribution < -0.4 is 35.3 Å². The zero-order valence-corrected chi connectivity index (χ0v) is 9.02. The van der Waals surface area contributed by atoms with Crippen LogP contribution in [0.5, 0.6) is 0 Å². The van der Waals surface area contributed by atoms with Crippen molar-refractivity contribution in [1.29, 1.82) is 0 Å². The van der Waals surface area contributed by atoms with E-state index in [9.17, 15) is 13.0 Å². The second-order valence-corrected chi connectivity index (χ2v) is 3.34. The predicted molar refractivity (Wildman–Crippen MR) is 32.8 cm³/mol. The molecule has 6 heteroatoms. The quantitative estimate of drug-likeness (QED) is 0.353. The van der Waals surface area contributed by atoms with E-state index in [1.165, 1.54) is 0 Å². The first-order valence-electron chi connectivity index (χ1n) is 2.65. The van der Waals surface area contributed by atoms with Crippen LogP contribution in [0.25, 0.3) is 0 Å². The van der Waals surface area contributed by atoms with E-state index in [1.54, 1.807) is 6.92 Å². The molecule has 0 saturated heterocycles. The van der Waals surface area contributed by atoms with Crippen LogP contribution in [0, 0.1) is 0 Å². The maximum absolute atomic E-state index is 9.96. The second kappa shape index (κ2) is 5.51. The van der Waals surface area contributed by atoms with Crippen LogP contribution in [0.1, 0.15) is 13.3 Å². The Kier molecular flexibility index (Phi) is 7.42. The summed E-state index contributed by atoms with van der Waals surface area (Å²) < 4.78 is 29.9. The maximum atomic E-state index is 9.96. The molecular formula is C4H10NNaO3S. The van der Waals surface area contributed by atoms with Gasteiger partial charge in [0.15, 0.2) is 0 Å². The number of nitrogens with two attached hydrogens (primary N) is 1. The standard InChI is InChI=1S/C4H11NO3S.Na/c1-2-4(5)3-9(6,7)8;/h4H,2-3,5H2,1H3,(H,6,7,8);/q;+1/p-1. The third kappa shape index (κ3) is 8.87. The minimum Gasteiger partial charge on any atom is -0.748 e. The largest absolute Gasteiger partial charge is 1.00 e. The topological polar surface area (TPSA) is 83.2 Å². The van der Waals surface area contributed by atoms with Gasteiger partial charge in [-0.25, -0.2) is 8.42 Å². The summed E-state index contributed by atoms with van der Waals surface area (Å²) in [7, 11) is -4.11. The molecule has 56 valence electrons. The Balaban J connectivity index is 0. The summed E-state index contributed by atoms with van der Waals surface area (Å²) in [6.07, 6.45) is 0.515. The van der Waals surface area contributed by atoms with Crippen LogP contribution in [-0.4, -0.2) is 24.8 Å². The maximum Gasteiger partial charge on any atom is 1.00 e. The molecule has 10 heavy (non-hydrogen) atoms. The van der Waals surface area contributed by atoms with Crippen molar-refractivity contribution in [3.05, 3.63) is 0 Å². The van der Waals surface area contributed by atoms with Gasteiger partial charge < -0.3 is 10.3 Å². The van der Waals surface area contributed by atoms with Crippen molar-refractivity contribution < 1.29 is 42.5 Å². The average molecular weight is 175 g/mol. The van der Waals surface area contributed by atoms with Crippen LogP contribution in [0.15, 0.2) is 0 Å². The van der Waals surface area contributed by atoms with Crippen LogP contribution >= 0.6 is 0 Å². The Hall–Kier alpha value is 0.870. The molecule has 0 heterocycles. The normalized spacial score (nSPS) is 13.9. The summed E-state index contributed by atoms with van der Waals surface area (Å²) >= 11 is 0. The average Bonchev–Trinajstić information content (AvgIpc) is 1.62. The molecule has 0 aliphatic carbocycles. The molecule has 0 aromatic carbocycles. The predicted octanol–water partition coefficient (Wildman–Crippen LogP) is -3.73. The molecule has 0 bridgehead atoms. The molecule has 0 radical (unpaired) electrons. The van der Waals surface area contributed by atoms with Gasteiger partial charge in [-0.15, -0.1) is 0 Å². The van der Waals surface area contributed by atoms with Crippen LogP contribution in [0.4, 0.5) is 0 Å². The van der Waals surface area contributed by atoms with Crippen molar-refractivity contribution in [2.24, 2.45) is 5.73 Å². The fraction of sp³-hybridized carbons (Fsp3) is 1.00. The van der Waals surface area contributed by atoms with E-state index >= 15 is 0 Å². The molecule has 0 aliphatic heterocycles. The van der Waals surface area contributed by atoms with Gasteiger partial charge in [-0.3, -0.25) is 0 Å². The van der Waals surface area contributed by atoms with Gasteiger partial charge in [0.25, 0.3) is 0 Å². The minimum absolute atomic E-state index is 0. The van der Waals surface area contributed by atoms with Crippen molar-refractivity contribution >= 4 is 10.1 Å². The molecule has 0 aliphatic rings. The van der Waals surface area contributed by atoms with Crippen molar-refractivity contribution in [1.82, 2.24) is 0 Å². The van der Waals surface area contributed by atoms with Gasteiger partial charge in [0.2, 0.25) is 0 Å². The van der Waals surface area contributed by atoms with E-state index < -0.39 is 21.9 Å². The van der Waals surface area contributed by atoms with Crippen molar-refractivity contribution in [3.63, 3.8) is 0 Å². The summed E-state index contributed by atoms with van der Waals surface area (Å²) in [4.78, 5) is 0. The second-order valence-electron chi connectivity index (χ2n) is 1.89. The van der Waals surface area contributed by atoms with Gasteiger partial charge in [0, 0.05) is 6.04 Å². The molecule has 0 aromatic rings. The molecule has 1 unspecified atom stereocenters. The first kappa shape index (κ1) is 13.5. The minimum atomic E-state index is -4.11. The Labute approximate surface area is 83.2 Å². The molecule has 0 saturated carbocycles. The van der Waals surface area contributed by atoms with E-state index in [2.05, 4.69) is 0 Å². The molecular weight excluding hydrogens is 165 g/mol. The molecule has 2 N–H and O–H groups in total.